The van der Waals surface area contributed by atoms with Crippen LogP contribution in [0.25, 0.3) is 6.01 Å². The lowest BCUT2D eigenvalue weighted by atomic mass is 10.2. The Morgan fingerprint density at radius 1 is 1.18 bits per heavy atom. The number of ether oxygens (including phenoxy) is 1. The average Bonchev–Trinajstić information content (AvgIpc) is 3.14. The van der Waals surface area contributed by atoms with Gasteiger partial charge < -0.3 is 9.15 Å². The molecule has 2 heterocycles. The van der Waals surface area contributed by atoms with Crippen molar-refractivity contribution >= 4 is 0 Å². The Kier molecular flexibility index (Phi) is 4.23. The second-order valence-corrected chi connectivity index (χ2v) is 5.17. The van der Waals surface area contributed by atoms with Crippen LogP contribution in [-0.2, 0) is 6.42 Å². The number of hydrogen-bond donors (Lipinski definition) is 0. The van der Waals surface area contributed by atoms with E-state index >= 15 is 0 Å². The van der Waals surface area contributed by atoms with Crippen molar-refractivity contribution in [3.05, 3.63) is 60.0 Å². The highest BCUT2D eigenvalue weighted by molar-refractivity contribution is 5.31. The quantitative estimate of drug-likeness (QED) is 0.654. The lowest BCUT2D eigenvalue weighted by molar-refractivity contribution is 0.304. The molecule has 5 nitrogen and oxygen atoms in total. The molecule has 0 spiro atoms. The van der Waals surface area contributed by atoms with Crippen molar-refractivity contribution in [1.29, 1.82) is 0 Å². The van der Waals surface area contributed by atoms with Crippen LogP contribution >= 0.6 is 0 Å². The zero-order chi connectivity index (χ0) is 15.4. The maximum atomic E-state index is 5.78. The summed E-state index contributed by atoms with van der Waals surface area (Å²) in [5.41, 5.74) is 1.15. The molecule has 0 saturated carbocycles. The number of nitrogens with zero attached hydrogens (tertiary/aromatic N) is 3. The van der Waals surface area contributed by atoms with Gasteiger partial charge in [-0.05, 0) is 31.9 Å². The van der Waals surface area contributed by atoms with E-state index in [4.69, 9.17) is 9.15 Å². The second-order valence-electron chi connectivity index (χ2n) is 5.17. The molecule has 0 amide bonds. The zero-order valence-electron chi connectivity index (χ0n) is 12.8. The Hall–Kier alpha value is -2.56. The molecule has 0 atom stereocenters. The molecule has 3 rings (SSSR count). The lowest BCUT2D eigenvalue weighted by Gasteiger charge is -2.07. The van der Waals surface area contributed by atoms with Crippen molar-refractivity contribution in [3.8, 4) is 11.8 Å². The van der Waals surface area contributed by atoms with E-state index < -0.39 is 0 Å². The third-order valence-corrected chi connectivity index (χ3v) is 3.49. The highest BCUT2D eigenvalue weighted by atomic mass is 16.5. The molecule has 0 N–H and O–H groups in total. The van der Waals surface area contributed by atoms with Gasteiger partial charge in [-0.25, -0.2) is 9.97 Å². The molecule has 0 radical (unpaired) electrons. The van der Waals surface area contributed by atoms with Crippen molar-refractivity contribution in [3.63, 3.8) is 0 Å². The molecular formula is C17H19N3O2. The summed E-state index contributed by atoms with van der Waals surface area (Å²) in [5.74, 6) is 2.66. The summed E-state index contributed by atoms with van der Waals surface area (Å²) < 4.78 is 13.3. The van der Waals surface area contributed by atoms with Crippen LogP contribution in [0.15, 0.2) is 47.3 Å². The Morgan fingerprint density at radius 3 is 2.82 bits per heavy atom. The topological polar surface area (TPSA) is 53.1 Å². The van der Waals surface area contributed by atoms with E-state index in [0.717, 1.165) is 35.7 Å². The van der Waals surface area contributed by atoms with Gasteiger partial charge in [0, 0.05) is 18.8 Å². The van der Waals surface area contributed by atoms with E-state index in [0.29, 0.717) is 12.6 Å². The molecule has 0 aliphatic rings. The minimum atomic E-state index is 0.560. The molecule has 2 aromatic heterocycles. The van der Waals surface area contributed by atoms with Crippen molar-refractivity contribution in [2.45, 2.75) is 26.7 Å². The molecule has 0 saturated heterocycles. The van der Waals surface area contributed by atoms with Gasteiger partial charge in [-0.1, -0.05) is 18.2 Å². The third-order valence-electron chi connectivity index (χ3n) is 3.49. The number of hydrogen-bond acceptors (Lipinski definition) is 4. The van der Waals surface area contributed by atoms with Crippen LogP contribution in [0, 0.1) is 13.8 Å². The maximum absolute atomic E-state index is 5.78. The minimum absolute atomic E-state index is 0.560. The summed E-state index contributed by atoms with van der Waals surface area (Å²) in [6, 6.07) is 8.59. The van der Waals surface area contributed by atoms with Crippen LogP contribution in [0.1, 0.15) is 23.6 Å². The summed E-state index contributed by atoms with van der Waals surface area (Å²) >= 11 is 0. The fraction of sp³-hybridized carbons (Fsp3) is 0.294. The van der Waals surface area contributed by atoms with Crippen molar-refractivity contribution in [1.82, 2.24) is 14.5 Å². The molecule has 0 aliphatic heterocycles. The van der Waals surface area contributed by atoms with Gasteiger partial charge in [0.1, 0.15) is 17.3 Å². The molecule has 1 aromatic carbocycles. The van der Waals surface area contributed by atoms with Crippen molar-refractivity contribution in [2.75, 3.05) is 6.61 Å². The molecule has 0 unspecified atom stereocenters. The van der Waals surface area contributed by atoms with Crippen LogP contribution in [0.2, 0.25) is 0 Å². The maximum Gasteiger partial charge on any atom is 0.307 e. The van der Waals surface area contributed by atoms with Crippen molar-refractivity contribution < 1.29 is 9.15 Å². The molecule has 3 aromatic rings. The molecule has 0 fully saturated rings. The SMILES string of the molecule is Cc1ccccc1OCCCc1cnc(-n2ccnc2C)o1. The first kappa shape index (κ1) is 14.4. The number of aryl methyl sites for hydroxylation is 3. The number of imidazole rings is 1. The Balaban J connectivity index is 1.52. The Labute approximate surface area is 129 Å². The van der Waals surface area contributed by atoms with Gasteiger partial charge in [0.25, 0.3) is 0 Å². The first-order valence-electron chi connectivity index (χ1n) is 7.37. The molecule has 114 valence electrons. The first-order chi connectivity index (χ1) is 10.7. The van der Waals surface area contributed by atoms with E-state index in [-0.39, 0.29) is 0 Å². The van der Waals surface area contributed by atoms with Crippen molar-refractivity contribution in [2.24, 2.45) is 0 Å². The normalized spacial score (nSPS) is 10.8. The third kappa shape index (κ3) is 3.19. The number of para-hydroxylation sites is 1. The van der Waals surface area contributed by atoms with E-state index in [2.05, 4.69) is 9.97 Å². The predicted octanol–water partition coefficient (Wildman–Crippen LogP) is 3.49. The van der Waals surface area contributed by atoms with Crippen LogP contribution in [-0.4, -0.2) is 21.1 Å². The molecule has 0 bridgehead atoms. The minimum Gasteiger partial charge on any atom is -0.493 e. The van der Waals surface area contributed by atoms with Gasteiger partial charge in [0.2, 0.25) is 0 Å². The average molecular weight is 297 g/mol. The fourth-order valence-corrected chi connectivity index (χ4v) is 2.25. The van der Waals surface area contributed by atoms with Gasteiger partial charge in [-0.2, -0.15) is 0 Å². The van der Waals surface area contributed by atoms with E-state index in [9.17, 15) is 0 Å². The Bertz CT molecular complexity index is 746. The number of benzene rings is 1. The smallest absolute Gasteiger partial charge is 0.307 e. The van der Waals surface area contributed by atoms with Gasteiger partial charge in [0.15, 0.2) is 0 Å². The number of aromatic nitrogens is 3. The largest absolute Gasteiger partial charge is 0.493 e. The summed E-state index contributed by atoms with van der Waals surface area (Å²) in [6.07, 6.45) is 7.02. The second kappa shape index (κ2) is 6.47. The number of oxazole rings is 1. The zero-order valence-corrected chi connectivity index (χ0v) is 12.8. The standard InChI is InChI=1S/C17H19N3O2/c1-13-6-3-4-8-16(13)21-11-5-7-15-12-19-17(22-15)20-10-9-18-14(20)2/h3-4,6,8-10,12H,5,7,11H2,1-2H3. The van der Waals surface area contributed by atoms with Crippen LogP contribution in [0.5, 0.6) is 5.75 Å². The summed E-state index contributed by atoms with van der Waals surface area (Å²) in [5, 5.41) is 0. The lowest BCUT2D eigenvalue weighted by Crippen LogP contribution is -2.00. The summed E-state index contributed by atoms with van der Waals surface area (Å²) in [6.45, 7) is 4.62. The predicted molar refractivity (Wildman–Crippen MR) is 83.4 cm³/mol. The van der Waals surface area contributed by atoms with E-state index in [1.54, 1.807) is 12.4 Å². The molecule has 5 heteroatoms. The van der Waals surface area contributed by atoms with Crippen LogP contribution in [0.4, 0.5) is 0 Å². The highest BCUT2D eigenvalue weighted by Gasteiger charge is 2.08. The van der Waals surface area contributed by atoms with E-state index in [1.807, 2.05) is 48.9 Å². The van der Waals surface area contributed by atoms with Gasteiger partial charge in [-0.15, -0.1) is 0 Å². The monoisotopic (exact) mass is 297 g/mol. The van der Waals surface area contributed by atoms with Crippen LogP contribution in [0.3, 0.4) is 0 Å². The van der Waals surface area contributed by atoms with E-state index in [1.165, 1.54) is 0 Å². The first-order valence-corrected chi connectivity index (χ1v) is 7.37. The summed E-state index contributed by atoms with van der Waals surface area (Å²) in [4.78, 5) is 8.45. The van der Waals surface area contributed by atoms with Crippen LogP contribution < -0.4 is 4.74 Å². The molecule has 22 heavy (non-hydrogen) atoms. The highest BCUT2D eigenvalue weighted by Crippen LogP contribution is 2.17. The van der Waals surface area contributed by atoms with Gasteiger partial charge in [0.05, 0.1) is 12.8 Å². The Morgan fingerprint density at radius 2 is 2.05 bits per heavy atom. The van der Waals surface area contributed by atoms with Gasteiger partial charge >= 0.3 is 6.01 Å². The van der Waals surface area contributed by atoms with Gasteiger partial charge in [-0.3, -0.25) is 4.57 Å². The fourth-order valence-electron chi connectivity index (χ4n) is 2.25. The molecule has 0 aliphatic carbocycles. The number of rotatable bonds is 6. The summed E-state index contributed by atoms with van der Waals surface area (Å²) in [7, 11) is 0. The molecular weight excluding hydrogens is 278 g/mol.